The number of imidazole rings is 1. The number of fused-ring (bicyclic) bond motifs is 1. The van der Waals surface area contributed by atoms with E-state index >= 15 is 0 Å². The minimum absolute atomic E-state index is 0.0703. The molecular formula is C14H10N3O5S-. The number of benzene rings is 2. The van der Waals surface area contributed by atoms with Gasteiger partial charge in [0.15, 0.2) is 0 Å². The molecule has 118 valence electrons. The topological polar surface area (TPSA) is 135 Å². The third kappa shape index (κ3) is 2.94. The molecule has 2 aromatic carbocycles. The van der Waals surface area contributed by atoms with Crippen molar-refractivity contribution in [3.8, 4) is 0 Å². The molecule has 0 saturated carbocycles. The largest absolute Gasteiger partial charge is 0.545 e. The lowest BCUT2D eigenvalue weighted by Gasteiger charge is -2.10. The number of carbonyl (C=O) groups excluding carboxylic acids is 1. The summed E-state index contributed by atoms with van der Waals surface area (Å²) in [5.41, 5.74) is 0.336. The van der Waals surface area contributed by atoms with E-state index in [0.717, 1.165) is 6.07 Å². The van der Waals surface area contributed by atoms with Gasteiger partial charge in [-0.05, 0) is 35.9 Å². The molecule has 3 rings (SSSR count). The van der Waals surface area contributed by atoms with E-state index in [0.29, 0.717) is 11.0 Å². The molecule has 0 amide bonds. The maximum atomic E-state index is 12.4. The number of carboxylic acid groups (broad SMARTS) is 1. The lowest BCUT2D eigenvalue weighted by atomic mass is 10.2. The predicted octanol–water partition coefficient (Wildman–Crippen LogP) is 0.0205. The summed E-state index contributed by atoms with van der Waals surface area (Å²) in [6.07, 6.45) is 0. The van der Waals surface area contributed by atoms with Crippen molar-refractivity contribution in [1.29, 1.82) is 0 Å². The van der Waals surface area contributed by atoms with Crippen molar-refractivity contribution >= 4 is 32.7 Å². The average Bonchev–Trinajstić information content (AvgIpc) is 2.86. The van der Waals surface area contributed by atoms with E-state index in [2.05, 4.69) is 14.7 Å². The Kier molecular flexibility index (Phi) is 3.41. The highest BCUT2D eigenvalue weighted by Gasteiger charge is 2.15. The van der Waals surface area contributed by atoms with Crippen LogP contribution in [0.2, 0.25) is 0 Å². The van der Waals surface area contributed by atoms with Crippen LogP contribution in [-0.4, -0.2) is 24.4 Å². The first-order chi connectivity index (χ1) is 10.8. The van der Waals surface area contributed by atoms with Gasteiger partial charge in [0.05, 0.1) is 21.9 Å². The van der Waals surface area contributed by atoms with Crippen LogP contribution < -0.4 is 15.5 Å². The molecule has 0 saturated heterocycles. The molecule has 0 aliphatic rings. The lowest BCUT2D eigenvalue weighted by Crippen LogP contribution is -2.22. The minimum Gasteiger partial charge on any atom is -0.545 e. The number of aromatic carboxylic acids is 1. The fraction of sp³-hybridized carbons (Fsp3) is 0. The highest BCUT2D eigenvalue weighted by Crippen LogP contribution is 2.19. The molecule has 23 heavy (non-hydrogen) atoms. The van der Waals surface area contributed by atoms with E-state index in [1.807, 2.05) is 0 Å². The Morgan fingerprint density at radius 1 is 1.04 bits per heavy atom. The van der Waals surface area contributed by atoms with Crippen LogP contribution in [0.3, 0.4) is 0 Å². The first kappa shape index (κ1) is 14.9. The number of rotatable bonds is 4. The molecule has 8 nitrogen and oxygen atoms in total. The van der Waals surface area contributed by atoms with Gasteiger partial charge in [0.2, 0.25) is 0 Å². The molecule has 0 fully saturated rings. The lowest BCUT2D eigenvalue weighted by molar-refractivity contribution is -0.255. The Balaban J connectivity index is 1.98. The number of aromatic amines is 2. The Morgan fingerprint density at radius 2 is 1.78 bits per heavy atom. The molecule has 0 aliphatic carbocycles. The van der Waals surface area contributed by atoms with Crippen LogP contribution in [-0.2, 0) is 10.0 Å². The molecule has 0 spiro atoms. The standard InChI is InChI=1S/C14H11N3O5S/c18-13(19)8-2-1-3-9(6-8)17-23(21,22)10-4-5-11-12(7-10)16-14(20)15-11/h1-7,17H,(H,18,19)(H2,15,16,20)/p-1. The summed E-state index contributed by atoms with van der Waals surface area (Å²) in [5, 5.41) is 10.8. The highest BCUT2D eigenvalue weighted by molar-refractivity contribution is 7.92. The number of carboxylic acids is 1. The summed E-state index contributed by atoms with van der Waals surface area (Å²) in [6.45, 7) is 0. The predicted molar refractivity (Wildman–Crippen MR) is 80.5 cm³/mol. The van der Waals surface area contributed by atoms with Gasteiger partial charge in [-0.2, -0.15) is 0 Å². The molecule has 0 radical (unpaired) electrons. The highest BCUT2D eigenvalue weighted by atomic mass is 32.2. The van der Waals surface area contributed by atoms with Crippen LogP contribution >= 0.6 is 0 Å². The molecule has 1 aromatic heterocycles. The van der Waals surface area contributed by atoms with E-state index < -0.39 is 21.7 Å². The smallest absolute Gasteiger partial charge is 0.323 e. The summed E-state index contributed by atoms with van der Waals surface area (Å²) in [4.78, 5) is 26.9. The quantitative estimate of drug-likeness (QED) is 0.619. The van der Waals surface area contributed by atoms with Gasteiger partial charge < -0.3 is 19.9 Å². The zero-order valence-electron chi connectivity index (χ0n) is 11.5. The van der Waals surface area contributed by atoms with E-state index in [-0.39, 0.29) is 16.1 Å². The van der Waals surface area contributed by atoms with Gasteiger partial charge in [0.25, 0.3) is 10.0 Å². The molecule has 3 aromatic rings. The van der Waals surface area contributed by atoms with E-state index in [4.69, 9.17) is 0 Å². The Morgan fingerprint density at radius 3 is 2.52 bits per heavy atom. The molecule has 1 heterocycles. The van der Waals surface area contributed by atoms with Gasteiger partial charge in [-0.15, -0.1) is 0 Å². The molecule has 9 heteroatoms. The van der Waals surface area contributed by atoms with Crippen molar-refractivity contribution in [2.75, 3.05) is 4.72 Å². The summed E-state index contributed by atoms with van der Waals surface area (Å²) >= 11 is 0. The van der Waals surface area contributed by atoms with Gasteiger partial charge in [-0.1, -0.05) is 12.1 Å². The zero-order chi connectivity index (χ0) is 16.6. The zero-order valence-corrected chi connectivity index (χ0v) is 12.3. The minimum atomic E-state index is -3.94. The van der Waals surface area contributed by atoms with Crippen LogP contribution in [0.1, 0.15) is 10.4 Å². The number of anilines is 1. The van der Waals surface area contributed by atoms with Gasteiger partial charge in [0, 0.05) is 5.69 Å². The third-order valence-corrected chi connectivity index (χ3v) is 4.53. The Labute approximate surface area is 129 Å². The summed E-state index contributed by atoms with van der Waals surface area (Å²) < 4.78 is 27.0. The molecule has 3 N–H and O–H groups in total. The summed E-state index contributed by atoms with van der Waals surface area (Å²) in [6, 6.07) is 9.36. The maximum Gasteiger partial charge on any atom is 0.323 e. The van der Waals surface area contributed by atoms with Crippen LogP contribution in [0.15, 0.2) is 52.2 Å². The molecule has 0 atom stereocenters. The second-order valence-corrected chi connectivity index (χ2v) is 6.44. The van der Waals surface area contributed by atoms with Crippen LogP contribution in [0.4, 0.5) is 5.69 Å². The van der Waals surface area contributed by atoms with Crippen molar-refractivity contribution in [3.63, 3.8) is 0 Å². The molecule has 0 aliphatic heterocycles. The Hall–Kier alpha value is -3.07. The second kappa shape index (κ2) is 5.29. The molecular weight excluding hydrogens is 322 g/mol. The first-order valence-corrected chi connectivity index (χ1v) is 7.90. The first-order valence-electron chi connectivity index (χ1n) is 6.41. The maximum absolute atomic E-state index is 12.4. The number of aromatic nitrogens is 2. The fourth-order valence-electron chi connectivity index (χ4n) is 2.10. The van der Waals surface area contributed by atoms with Crippen molar-refractivity contribution in [3.05, 3.63) is 58.5 Å². The van der Waals surface area contributed by atoms with Crippen molar-refractivity contribution < 1.29 is 18.3 Å². The number of H-pyrrole nitrogens is 2. The number of hydrogen-bond acceptors (Lipinski definition) is 5. The SMILES string of the molecule is O=C([O-])c1cccc(NS(=O)(=O)c2ccc3[nH]c(=O)[nH]c3c2)c1. The fourth-order valence-corrected chi connectivity index (χ4v) is 3.18. The normalized spacial score (nSPS) is 11.5. The second-order valence-electron chi connectivity index (χ2n) is 4.76. The number of hydrogen-bond donors (Lipinski definition) is 3. The van der Waals surface area contributed by atoms with Gasteiger partial charge in [-0.25, -0.2) is 13.2 Å². The van der Waals surface area contributed by atoms with E-state index in [1.54, 1.807) is 0 Å². The molecule has 0 unspecified atom stereocenters. The summed E-state index contributed by atoms with van der Waals surface area (Å²) in [7, 11) is -3.94. The van der Waals surface area contributed by atoms with Crippen LogP contribution in [0, 0.1) is 0 Å². The number of carbonyl (C=O) groups is 1. The van der Waals surface area contributed by atoms with Gasteiger partial charge in [-0.3, -0.25) is 4.72 Å². The average molecular weight is 332 g/mol. The van der Waals surface area contributed by atoms with Crippen molar-refractivity contribution in [2.45, 2.75) is 4.90 Å². The van der Waals surface area contributed by atoms with Gasteiger partial charge >= 0.3 is 5.69 Å². The number of nitrogens with one attached hydrogen (secondary N) is 3. The van der Waals surface area contributed by atoms with E-state index in [9.17, 15) is 23.1 Å². The molecule has 0 bridgehead atoms. The van der Waals surface area contributed by atoms with Crippen molar-refractivity contribution in [2.24, 2.45) is 0 Å². The Bertz CT molecular complexity index is 1070. The van der Waals surface area contributed by atoms with Crippen molar-refractivity contribution in [1.82, 2.24) is 9.97 Å². The van der Waals surface area contributed by atoms with Gasteiger partial charge in [0.1, 0.15) is 0 Å². The van der Waals surface area contributed by atoms with E-state index in [1.165, 1.54) is 36.4 Å². The van der Waals surface area contributed by atoms with Crippen LogP contribution in [0.25, 0.3) is 11.0 Å². The number of sulfonamides is 1. The van der Waals surface area contributed by atoms with Crippen LogP contribution in [0.5, 0.6) is 0 Å². The third-order valence-electron chi connectivity index (χ3n) is 3.15. The summed E-state index contributed by atoms with van der Waals surface area (Å²) in [5.74, 6) is -1.41. The monoisotopic (exact) mass is 332 g/mol.